The van der Waals surface area contributed by atoms with Crippen LogP contribution in [0.2, 0.25) is 0 Å². The zero-order valence-electron chi connectivity index (χ0n) is 14.9. The Morgan fingerprint density at radius 3 is 2.92 bits per heavy atom. The Balaban J connectivity index is 1.51. The van der Waals surface area contributed by atoms with Gasteiger partial charge in [0.2, 0.25) is 0 Å². The molecule has 0 saturated carbocycles. The monoisotopic (exact) mass is 347 g/mol. The summed E-state index contributed by atoms with van der Waals surface area (Å²) in [5, 5.41) is 2.99. The number of benzene rings is 1. The van der Waals surface area contributed by atoms with Crippen molar-refractivity contribution in [3.63, 3.8) is 0 Å². The van der Waals surface area contributed by atoms with Crippen molar-refractivity contribution in [2.75, 3.05) is 26.7 Å². The molecule has 3 rings (SSSR count). The van der Waals surface area contributed by atoms with E-state index < -0.39 is 0 Å². The minimum atomic E-state index is -0.305. The second-order valence-corrected chi connectivity index (χ2v) is 6.83. The Labute approximate surface area is 147 Å². The van der Waals surface area contributed by atoms with E-state index in [4.69, 9.17) is 0 Å². The zero-order valence-corrected chi connectivity index (χ0v) is 14.9. The van der Waals surface area contributed by atoms with Gasteiger partial charge in [0.05, 0.1) is 17.6 Å². The molecule has 1 atom stereocenters. The summed E-state index contributed by atoms with van der Waals surface area (Å²) in [4.78, 5) is 23.8. The number of nitrogens with one attached hydrogen (secondary N) is 2. The standard InChI is InChI=1S/C18H26FN5O/c1-13(24-8-4-3-5-9-24)11-20-18(25)23(2)12-17-21-15-7-6-14(19)10-16(15)22-17/h6-7,10,13H,3-5,8-9,11-12H2,1-2H3,(H,20,25)(H,21,22)/t13-/m0/s1. The smallest absolute Gasteiger partial charge is 0.317 e. The number of hydrogen-bond donors (Lipinski definition) is 2. The maximum absolute atomic E-state index is 13.2. The van der Waals surface area contributed by atoms with Crippen LogP contribution < -0.4 is 5.32 Å². The molecule has 0 bridgehead atoms. The van der Waals surface area contributed by atoms with Gasteiger partial charge in [0.1, 0.15) is 11.6 Å². The van der Waals surface area contributed by atoms with Crippen molar-refractivity contribution in [3.8, 4) is 0 Å². The molecular weight excluding hydrogens is 321 g/mol. The quantitative estimate of drug-likeness (QED) is 0.874. The van der Waals surface area contributed by atoms with Crippen LogP contribution in [0.1, 0.15) is 32.0 Å². The van der Waals surface area contributed by atoms with Crippen LogP contribution >= 0.6 is 0 Å². The number of imidazole rings is 1. The van der Waals surface area contributed by atoms with Crippen molar-refractivity contribution in [2.45, 2.75) is 38.8 Å². The molecule has 1 aromatic carbocycles. The largest absolute Gasteiger partial charge is 0.340 e. The van der Waals surface area contributed by atoms with E-state index in [1.54, 1.807) is 18.0 Å². The SMILES string of the molecule is C[C@@H](CNC(=O)N(C)Cc1nc2ccc(F)cc2[nH]1)N1CCCCC1. The summed E-state index contributed by atoms with van der Waals surface area (Å²) in [6, 6.07) is 4.63. The molecule has 2 aromatic rings. The first kappa shape index (κ1) is 17.7. The van der Waals surface area contributed by atoms with E-state index in [9.17, 15) is 9.18 Å². The van der Waals surface area contributed by atoms with E-state index >= 15 is 0 Å². The van der Waals surface area contributed by atoms with Gasteiger partial charge in [-0.05, 0) is 51.1 Å². The van der Waals surface area contributed by atoms with Crippen molar-refractivity contribution in [1.29, 1.82) is 0 Å². The number of piperidine rings is 1. The third-order valence-electron chi connectivity index (χ3n) is 4.79. The van der Waals surface area contributed by atoms with Crippen molar-refractivity contribution < 1.29 is 9.18 Å². The third-order valence-corrected chi connectivity index (χ3v) is 4.79. The van der Waals surface area contributed by atoms with E-state index in [0.29, 0.717) is 36.0 Å². The maximum atomic E-state index is 13.2. The van der Waals surface area contributed by atoms with Crippen molar-refractivity contribution in [3.05, 3.63) is 29.8 Å². The minimum Gasteiger partial charge on any atom is -0.340 e. The van der Waals surface area contributed by atoms with E-state index in [1.165, 1.54) is 31.4 Å². The second kappa shape index (κ2) is 7.82. The normalized spacial score (nSPS) is 16.8. The lowest BCUT2D eigenvalue weighted by atomic mass is 10.1. The van der Waals surface area contributed by atoms with Crippen LogP contribution in [0.4, 0.5) is 9.18 Å². The van der Waals surface area contributed by atoms with Gasteiger partial charge >= 0.3 is 6.03 Å². The van der Waals surface area contributed by atoms with Gasteiger partial charge in [-0.3, -0.25) is 4.90 Å². The lowest BCUT2D eigenvalue weighted by Gasteiger charge is -2.32. The van der Waals surface area contributed by atoms with E-state index in [-0.39, 0.29) is 11.8 Å². The Morgan fingerprint density at radius 1 is 1.40 bits per heavy atom. The summed E-state index contributed by atoms with van der Waals surface area (Å²) >= 11 is 0. The zero-order chi connectivity index (χ0) is 17.8. The number of urea groups is 1. The number of hydrogen-bond acceptors (Lipinski definition) is 3. The summed E-state index contributed by atoms with van der Waals surface area (Å²) in [6.45, 7) is 5.36. The highest BCUT2D eigenvalue weighted by molar-refractivity contribution is 5.76. The van der Waals surface area contributed by atoms with Gasteiger partial charge in [0, 0.05) is 19.6 Å². The molecule has 136 valence electrons. The molecule has 2 amide bonds. The third kappa shape index (κ3) is 4.48. The lowest BCUT2D eigenvalue weighted by Crippen LogP contribution is -2.47. The number of aromatic amines is 1. The Hall–Kier alpha value is -2.15. The van der Waals surface area contributed by atoms with Gasteiger partial charge in [0.15, 0.2) is 0 Å². The predicted octanol–water partition coefficient (Wildman–Crippen LogP) is 2.72. The van der Waals surface area contributed by atoms with Crippen LogP contribution in [0.15, 0.2) is 18.2 Å². The Morgan fingerprint density at radius 2 is 2.16 bits per heavy atom. The number of carbonyl (C=O) groups excluding carboxylic acids is 1. The number of H-pyrrole nitrogens is 1. The number of aromatic nitrogens is 2. The van der Waals surface area contributed by atoms with Crippen LogP contribution in [0.5, 0.6) is 0 Å². The number of likely N-dealkylation sites (tertiary alicyclic amines) is 1. The summed E-state index contributed by atoms with van der Waals surface area (Å²) in [5.41, 5.74) is 1.34. The highest BCUT2D eigenvalue weighted by Crippen LogP contribution is 2.14. The molecule has 2 N–H and O–H groups in total. The summed E-state index contributed by atoms with van der Waals surface area (Å²) in [7, 11) is 1.73. The molecule has 0 aliphatic carbocycles. The topological polar surface area (TPSA) is 64.3 Å². The first-order valence-corrected chi connectivity index (χ1v) is 8.90. The predicted molar refractivity (Wildman–Crippen MR) is 95.8 cm³/mol. The average molecular weight is 347 g/mol. The number of rotatable bonds is 5. The molecule has 1 aliphatic heterocycles. The van der Waals surface area contributed by atoms with Crippen LogP contribution in [0, 0.1) is 5.82 Å². The molecule has 1 saturated heterocycles. The molecule has 0 unspecified atom stereocenters. The van der Waals surface area contributed by atoms with Crippen LogP contribution in [-0.2, 0) is 6.54 Å². The van der Waals surface area contributed by atoms with Crippen molar-refractivity contribution >= 4 is 17.1 Å². The fourth-order valence-corrected chi connectivity index (χ4v) is 3.26. The van der Waals surface area contributed by atoms with Gasteiger partial charge in [-0.15, -0.1) is 0 Å². The molecule has 1 aromatic heterocycles. The van der Waals surface area contributed by atoms with Gasteiger partial charge < -0.3 is 15.2 Å². The number of halogens is 1. The molecule has 0 radical (unpaired) electrons. The minimum absolute atomic E-state index is 0.129. The molecular formula is C18H26FN5O. The van der Waals surface area contributed by atoms with Crippen molar-refractivity contribution in [1.82, 2.24) is 25.1 Å². The number of amides is 2. The molecule has 1 fully saturated rings. The van der Waals surface area contributed by atoms with E-state index in [2.05, 4.69) is 27.1 Å². The molecule has 1 aliphatic rings. The summed E-state index contributed by atoms with van der Waals surface area (Å²) in [6.07, 6.45) is 3.79. The van der Waals surface area contributed by atoms with Crippen LogP contribution in [0.25, 0.3) is 11.0 Å². The van der Waals surface area contributed by atoms with Crippen LogP contribution in [-0.4, -0.2) is 58.5 Å². The summed E-state index contributed by atoms with van der Waals surface area (Å²) < 4.78 is 13.2. The molecule has 2 heterocycles. The second-order valence-electron chi connectivity index (χ2n) is 6.83. The van der Waals surface area contributed by atoms with E-state index in [1.807, 2.05) is 0 Å². The van der Waals surface area contributed by atoms with Crippen LogP contribution in [0.3, 0.4) is 0 Å². The molecule has 6 nitrogen and oxygen atoms in total. The maximum Gasteiger partial charge on any atom is 0.317 e. The number of nitrogens with zero attached hydrogens (tertiary/aromatic N) is 3. The highest BCUT2D eigenvalue weighted by atomic mass is 19.1. The molecule has 0 spiro atoms. The first-order valence-electron chi connectivity index (χ1n) is 8.90. The Kier molecular flexibility index (Phi) is 5.53. The first-order chi connectivity index (χ1) is 12.0. The van der Waals surface area contributed by atoms with Gasteiger partial charge in [0.25, 0.3) is 0 Å². The van der Waals surface area contributed by atoms with Gasteiger partial charge in [-0.25, -0.2) is 14.2 Å². The van der Waals surface area contributed by atoms with Crippen molar-refractivity contribution in [2.24, 2.45) is 0 Å². The summed E-state index contributed by atoms with van der Waals surface area (Å²) in [5.74, 6) is 0.336. The fraction of sp³-hybridized carbons (Fsp3) is 0.556. The number of carbonyl (C=O) groups is 1. The Bertz CT molecular complexity index is 725. The fourth-order valence-electron chi connectivity index (χ4n) is 3.26. The van der Waals surface area contributed by atoms with Gasteiger partial charge in [-0.1, -0.05) is 6.42 Å². The highest BCUT2D eigenvalue weighted by Gasteiger charge is 2.18. The average Bonchev–Trinajstić information content (AvgIpc) is 3.01. The molecule has 25 heavy (non-hydrogen) atoms. The number of fused-ring (bicyclic) bond motifs is 1. The molecule has 7 heteroatoms. The van der Waals surface area contributed by atoms with E-state index in [0.717, 1.165) is 13.1 Å². The van der Waals surface area contributed by atoms with Gasteiger partial charge in [-0.2, -0.15) is 0 Å². The lowest BCUT2D eigenvalue weighted by molar-refractivity contribution is 0.165.